The summed E-state index contributed by atoms with van der Waals surface area (Å²) in [7, 11) is 0. The first kappa shape index (κ1) is 17.0. The Balaban J connectivity index is 1.73. The third-order valence-electron chi connectivity index (χ3n) is 3.81. The Kier molecular flexibility index (Phi) is 4.47. The van der Waals surface area contributed by atoms with E-state index < -0.39 is 11.7 Å². The number of carbonyl (C=O) groups is 1. The summed E-state index contributed by atoms with van der Waals surface area (Å²) in [6, 6.07) is 3.70. The van der Waals surface area contributed by atoms with Crippen LogP contribution in [0.1, 0.15) is 16.7 Å². The average Bonchev–Trinajstić information content (AvgIpc) is 2.99. The molecule has 0 bridgehead atoms. The summed E-state index contributed by atoms with van der Waals surface area (Å²) in [6.07, 6.45) is -1.78. The summed E-state index contributed by atoms with van der Waals surface area (Å²) in [5.74, 6) is 0.439. The zero-order chi connectivity index (χ0) is 18.0. The second-order valence-electron chi connectivity index (χ2n) is 5.49. The molecule has 3 rings (SSSR count). The lowest BCUT2D eigenvalue weighted by Crippen LogP contribution is -2.29. The van der Waals surface area contributed by atoms with Gasteiger partial charge in [-0.2, -0.15) is 13.2 Å². The van der Waals surface area contributed by atoms with E-state index in [1.165, 1.54) is 23.4 Å². The molecular weight excluding hydrogens is 337 g/mol. The first-order chi connectivity index (χ1) is 11.9. The fraction of sp³-hybridized carbons (Fsp3) is 0.312. The number of carbonyl (C=O) groups excluding carboxylic acids is 1. The monoisotopic (exact) mass is 352 g/mol. The van der Waals surface area contributed by atoms with E-state index in [1.54, 1.807) is 13.0 Å². The van der Waals surface area contributed by atoms with Crippen LogP contribution in [0, 0.1) is 6.92 Å². The van der Waals surface area contributed by atoms with Crippen molar-refractivity contribution >= 4 is 12.0 Å². The Bertz CT molecular complexity index is 778. The minimum Gasteiger partial charge on any atom is -0.486 e. The summed E-state index contributed by atoms with van der Waals surface area (Å²) < 4.78 is 44.7. The molecule has 0 aliphatic carbocycles. The number of rotatable bonds is 4. The van der Waals surface area contributed by atoms with Gasteiger partial charge in [0.05, 0.1) is 18.0 Å². The van der Waals surface area contributed by atoms with Crippen LogP contribution < -0.4 is 15.0 Å². The fourth-order valence-corrected chi connectivity index (χ4v) is 2.50. The maximum Gasteiger partial charge on any atom is 0.416 e. The van der Waals surface area contributed by atoms with Crippen molar-refractivity contribution in [1.82, 2.24) is 15.3 Å². The van der Waals surface area contributed by atoms with Crippen LogP contribution in [0.25, 0.3) is 0 Å². The molecule has 1 saturated heterocycles. The lowest BCUT2D eigenvalue weighted by Gasteiger charge is -2.16. The number of nitrogens with one attached hydrogen (secondary N) is 1. The molecule has 0 spiro atoms. The van der Waals surface area contributed by atoms with Gasteiger partial charge in [-0.25, -0.2) is 14.8 Å². The third-order valence-corrected chi connectivity index (χ3v) is 3.81. The van der Waals surface area contributed by atoms with Crippen LogP contribution in [0.5, 0.6) is 5.75 Å². The van der Waals surface area contributed by atoms with Crippen molar-refractivity contribution in [1.29, 1.82) is 0 Å². The number of amides is 2. The molecule has 2 aromatic rings. The van der Waals surface area contributed by atoms with Crippen LogP contribution >= 0.6 is 0 Å². The zero-order valence-electron chi connectivity index (χ0n) is 13.3. The van der Waals surface area contributed by atoms with Crippen molar-refractivity contribution < 1.29 is 22.7 Å². The topological polar surface area (TPSA) is 67.3 Å². The van der Waals surface area contributed by atoms with E-state index >= 15 is 0 Å². The maximum absolute atomic E-state index is 13.1. The standard InChI is InChI=1S/C16H15F3N4O2/c1-10-3-2-4-13(16(17,18)19)12(10)9-25-11-7-21-14(22-8-11)23-6-5-20-15(23)24/h2-4,7-8H,5-6,9H2,1H3,(H,20,24). The van der Waals surface area contributed by atoms with Gasteiger partial charge < -0.3 is 10.1 Å². The van der Waals surface area contributed by atoms with Gasteiger partial charge in [0, 0.05) is 18.7 Å². The molecule has 1 aliphatic heterocycles. The molecule has 25 heavy (non-hydrogen) atoms. The molecule has 0 saturated carbocycles. The Morgan fingerprint density at radius 3 is 2.60 bits per heavy atom. The molecule has 2 heterocycles. The van der Waals surface area contributed by atoms with E-state index in [-0.39, 0.29) is 29.9 Å². The Hall–Kier alpha value is -2.84. The van der Waals surface area contributed by atoms with Gasteiger partial charge in [-0.1, -0.05) is 12.1 Å². The molecule has 2 amide bonds. The number of halogens is 3. The highest BCUT2D eigenvalue weighted by atomic mass is 19.4. The van der Waals surface area contributed by atoms with Gasteiger partial charge in [-0.3, -0.25) is 4.90 Å². The van der Waals surface area contributed by atoms with Gasteiger partial charge in [0.15, 0.2) is 5.75 Å². The highest BCUT2D eigenvalue weighted by Gasteiger charge is 2.33. The number of hydrogen-bond donors (Lipinski definition) is 1. The summed E-state index contributed by atoms with van der Waals surface area (Å²) in [5, 5.41) is 2.63. The fourth-order valence-electron chi connectivity index (χ4n) is 2.50. The van der Waals surface area contributed by atoms with Crippen molar-refractivity contribution in [3.63, 3.8) is 0 Å². The van der Waals surface area contributed by atoms with Crippen molar-refractivity contribution in [3.05, 3.63) is 47.3 Å². The highest BCUT2D eigenvalue weighted by Crippen LogP contribution is 2.33. The van der Waals surface area contributed by atoms with Gasteiger partial charge in [-0.15, -0.1) is 0 Å². The summed E-state index contributed by atoms with van der Waals surface area (Å²) in [6.45, 7) is 2.30. The summed E-state index contributed by atoms with van der Waals surface area (Å²) >= 11 is 0. The van der Waals surface area contributed by atoms with E-state index in [1.807, 2.05) is 0 Å². The smallest absolute Gasteiger partial charge is 0.416 e. The van der Waals surface area contributed by atoms with Crippen LogP contribution in [-0.4, -0.2) is 29.1 Å². The molecule has 9 heteroatoms. The molecule has 1 aromatic carbocycles. The van der Waals surface area contributed by atoms with E-state index in [0.717, 1.165) is 6.07 Å². The van der Waals surface area contributed by atoms with Crippen molar-refractivity contribution in [2.45, 2.75) is 19.7 Å². The number of anilines is 1. The predicted molar refractivity (Wildman–Crippen MR) is 83.3 cm³/mol. The van der Waals surface area contributed by atoms with Gasteiger partial charge in [0.25, 0.3) is 0 Å². The zero-order valence-corrected chi connectivity index (χ0v) is 13.3. The van der Waals surface area contributed by atoms with Crippen molar-refractivity contribution in [2.24, 2.45) is 0 Å². The second-order valence-corrected chi connectivity index (χ2v) is 5.49. The van der Waals surface area contributed by atoms with Crippen LogP contribution in [0.4, 0.5) is 23.9 Å². The third kappa shape index (κ3) is 3.65. The molecule has 6 nitrogen and oxygen atoms in total. The first-order valence-corrected chi connectivity index (χ1v) is 7.52. The molecule has 1 N–H and O–H groups in total. The van der Waals surface area contributed by atoms with Crippen molar-refractivity contribution in [3.8, 4) is 5.75 Å². The van der Waals surface area contributed by atoms with Gasteiger partial charge in [0.2, 0.25) is 5.95 Å². The lowest BCUT2D eigenvalue weighted by molar-refractivity contribution is -0.138. The van der Waals surface area contributed by atoms with Crippen LogP contribution in [-0.2, 0) is 12.8 Å². The minimum atomic E-state index is -4.45. The minimum absolute atomic E-state index is 0.0676. The predicted octanol–water partition coefficient (Wildman–Crippen LogP) is 2.91. The SMILES string of the molecule is Cc1cccc(C(F)(F)F)c1COc1cnc(N2CCNC2=O)nc1. The lowest BCUT2D eigenvalue weighted by atomic mass is 10.0. The average molecular weight is 352 g/mol. The van der Waals surface area contributed by atoms with Gasteiger partial charge in [-0.05, 0) is 18.6 Å². The quantitative estimate of drug-likeness (QED) is 0.919. The van der Waals surface area contributed by atoms with E-state index in [2.05, 4.69) is 15.3 Å². The number of nitrogens with zero attached hydrogens (tertiary/aromatic N) is 3. The molecule has 1 fully saturated rings. The Morgan fingerprint density at radius 1 is 1.28 bits per heavy atom. The largest absolute Gasteiger partial charge is 0.486 e. The molecule has 0 radical (unpaired) electrons. The summed E-state index contributed by atoms with van der Waals surface area (Å²) in [4.78, 5) is 21.0. The number of ether oxygens (including phenoxy) is 1. The Labute approximate surface area is 141 Å². The number of alkyl halides is 3. The second kappa shape index (κ2) is 6.58. The molecule has 132 valence electrons. The normalized spacial score (nSPS) is 14.6. The molecule has 1 aliphatic rings. The Morgan fingerprint density at radius 2 is 2.00 bits per heavy atom. The molecule has 1 aromatic heterocycles. The molecular formula is C16H15F3N4O2. The van der Waals surface area contributed by atoms with Crippen LogP contribution in [0.3, 0.4) is 0 Å². The molecule has 0 unspecified atom stereocenters. The summed E-state index contributed by atoms with van der Waals surface area (Å²) in [5.41, 5.74) is -0.169. The van der Waals surface area contributed by atoms with Gasteiger partial charge >= 0.3 is 12.2 Å². The van der Waals surface area contributed by atoms with E-state index in [4.69, 9.17) is 4.74 Å². The van der Waals surface area contributed by atoms with Gasteiger partial charge in [0.1, 0.15) is 6.61 Å². The first-order valence-electron chi connectivity index (χ1n) is 7.52. The van der Waals surface area contributed by atoms with E-state index in [0.29, 0.717) is 18.7 Å². The number of hydrogen-bond acceptors (Lipinski definition) is 4. The van der Waals surface area contributed by atoms with Crippen molar-refractivity contribution in [2.75, 3.05) is 18.0 Å². The van der Waals surface area contributed by atoms with Crippen LogP contribution in [0.2, 0.25) is 0 Å². The highest BCUT2D eigenvalue weighted by molar-refractivity contribution is 5.92. The number of aryl methyl sites for hydroxylation is 1. The molecule has 0 atom stereocenters. The number of benzene rings is 1. The maximum atomic E-state index is 13.1. The van der Waals surface area contributed by atoms with E-state index in [9.17, 15) is 18.0 Å². The number of urea groups is 1. The number of aromatic nitrogens is 2. The van der Waals surface area contributed by atoms with Crippen LogP contribution in [0.15, 0.2) is 30.6 Å².